The van der Waals surface area contributed by atoms with Gasteiger partial charge in [-0.25, -0.2) is 9.37 Å². The van der Waals surface area contributed by atoms with Gasteiger partial charge in [0.05, 0.1) is 38.0 Å². The lowest BCUT2D eigenvalue weighted by atomic mass is 9.88. The molecule has 0 spiro atoms. The summed E-state index contributed by atoms with van der Waals surface area (Å²) in [6, 6.07) is 12.0. The molecule has 3 heterocycles. The predicted octanol–water partition coefficient (Wildman–Crippen LogP) is 3.51. The van der Waals surface area contributed by atoms with E-state index in [0.717, 1.165) is 22.5 Å². The molecule has 33 heavy (non-hydrogen) atoms. The largest absolute Gasteiger partial charge is 0.495 e. The van der Waals surface area contributed by atoms with Crippen molar-refractivity contribution >= 4 is 17.8 Å². The number of hydrogen-bond acceptors (Lipinski definition) is 5. The molecule has 5 rings (SSSR count). The van der Waals surface area contributed by atoms with Crippen LogP contribution < -0.4 is 4.74 Å². The summed E-state index contributed by atoms with van der Waals surface area (Å²) in [5.74, 6) is 0.758. The number of nitrogens with zero attached hydrogens (tertiary/aromatic N) is 4. The molecule has 1 atom stereocenters. The van der Waals surface area contributed by atoms with Crippen LogP contribution in [-0.4, -0.2) is 53.1 Å². The first kappa shape index (κ1) is 21.1. The molecule has 7 nitrogen and oxygen atoms in total. The highest BCUT2D eigenvalue weighted by molar-refractivity contribution is 6.09. The van der Waals surface area contributed by atoms with Crippen molar-refractivity contribution in [3.8, 4) is 11.4 Å². The van der Waals surface area contributed by atoms with Crippen LogP contribution in [0.15, 0.2) is 66.1 Å². The van der Waals surface area contributed by atoms with E-state index in [1.807, 2.05) is 48.0 Å². The van der Waals surface area contributed by atoms with Gasteiger partial charge in [-0.05, 0) is 48.4 Å². The second-order valence-electron chi connectivity index (χ2n) is 8.12. The lowest BCUT2D eigenvalue weighted by Crippen LogP contribution is -2.57. The number of amidine groups is 1. The van der Waals surface area contributed by atoms with Crippen LogP contribution in [0.3, 0.4) is 0 Å². The Balaban J connectivity index is 1.44. The van der Waals surface area contributed by atoms with Crippen molar-refractivity contribution in [2.45, 2.75) is 12.5 Å². The number of morpholine rings is 1. The van der Waals surface area contributed by atoms with E-state index < -0.39 is 5.54 Å². The fourth-order valence-electron chi connectivity index (χ4n) is 4.35. The number of amides is 1. The van der Waals surface area contributed by atoms with Crippen LogP contribution in [0.5, 0.6) is 5.75 Å². The minimum atomic E-state index is -0.760. The van der Waals surface area contributed by atoms with Crippen LogP contribution >= 0.6 is 0 Å². The smallest absolute Gasteiger partial charge is 0.255 e. The first-order valence-electron chi connectivity index (χ1n) is 10.6. The average molecular weight is 446 g/mol. The highest BCUT2D eigenvalue weighted by atomic mass is 19.1. The lowest BCUT2D eigenvalue weighted by molar-refractivity contribution is -0.148. The molecule has 1 unspecified atom stereocenters. The van der Waals surface area contributed by atoms with Crippen LogP contribution in [0.25, 0.3) is 11.8 Å². The van der Waals surface area contributed by atoms with Gasteiger partial charge in [0.2, 0.25) is 0 Å². The van der Waals surface area contributed by atoms with Gasteiger partial charge < -0.3 is 14.0 Å². The Hall–Kier alpha value is -3.78. The first-order valence-corrected chi connectivity index (χ1v) is 10.6. The average Bonchev–Trinajstić information content (AvgIpc) is 3.43. The van der Waals surface area contributed by atoms with Crippen molar-refractivity contribution in [3.63, 3.8) is 0 Å². The quantitative estimate of drug-likeness (QED) is 0.602. The number of carbonyl (C=O) groups is 1. The molecule has 2 aromatic carbocycles. The number of aryl methyl sites for hydroxylation is 1. The second kappa shape index (κ2) is 8.29. The number of halogens is 1. The SMILES string of the molecule is COc1cc(C=CC2=NCC3(c4ccc(F)cc4)COCC(=O)N23)ccc1-n1cnc(C)c1. The number of rotatable bonds is 5. The summed E-state index contributed by atoms with van der Waals surface area (Å²) < 4.78 is 26.6. The van der Waals surface area contributed by atoms with Gasteiger partial charge in [-0.1, -0.05) is 24.3 Å². The number of fused-ring (bicyclic) bond motifs is 1. The number of carbonyl (C=O) groups excluding carboxylic acids is 1. The van der Waals surface area contributed by atoms with Crippen LogP contribution in [0.1, 0.15) is 16.8 Å². The lowest BCUT2D eigenvalue weighted by Gasteiger charge is -2.41. The monoisotopic (exact) mass is 446 g/mol. The summed E-state index contributed by atoms with van der Waals surface area (Å²) in [4.78, 5) is 23.4. The molecule has 1 saturated heterocycles. The zero-order valence-corrected chi connectivity index (χ0v) is 18.4. The number of aliphatic imine (C=N–C) groups is 1. The topological polar surface area (TPSA) is 69.0 Å². The third-order valence-electron chi connectivity index (χ3n) is 5.98. The summed E-state index contributed by atoms with van der Waals surface area (Å²) in [5.41, 5.74) is 2.73. The minimum absolute atomic E-state index is 0.0113. The first-order chi connectivity index (χ1) is 16.0. The fourth-order valence-corrected chi connectivity index (χ4v) is 4.35. The molecule has 3 aromatic rings. The molecule has 2 aliphatic heterocycles. The Labute approximate surface area is 190 Å². The molecule has 2 aliphatic rings. The third kappa shape index (κ3) is 3.72. The Morgan fingerprint density at radius 2 is 2.00 bits per heavy atom. The molecule has 0 aliphatic carbocycles. The Morgan fingerprint density at radius 1 is 1.18 bits per heavy atom. The van der Waals surface area contributed by atoms with Crippen molar-refractivity contribution in [1.29, 1.82) is 0 Å². The van der Waals surface area contributed by atoms with Gasteiger partial charge >= 0.3 is 0 Å². The van der Waals surface area contributed by atoms with Gasteiger partial charge in [-0.15, -0.1) is 0 Å². The molecule has 1 fully saturated rings. The zero-order valence-electron chi connectivity index (χ0n) is 18.4. The molecule has 0 radical (unpaired) electrons. The fraction of sp³-hybridized carbons (Fsp3) is 0.240. The van der Waals surface area contributed by atoms with E-state index in [-0.39, 0.29) is 18.3 Å². The van der Waals surface area contributed by atoms with Crippen molar-refractivity contribution in [2.24, 2.45) is 4.99 Å². The van der Waals surface area contributed by atoms with Gasteiger partial charge in [-0.3, -0.25) is 14.7 Å². The molecule has 0 N–H and O–H groups in total. The van der Waals surface area contributed by atoms with E-state index in [1.165, 1.54) is 12.1 Å². The molecule has 0 saturated carbocycles. The van der Waals surface area contributed by atoms with Crippen molar-refractivity contribution in [1.82, 2.24) is 14.5 Å². The molecule has 1 amide bonds. The number of imidazole rings is 1. The summed E-state index contributed by atoms with van der Waals surface area (Å²) in [7, 11) is 1.63. The van der Waals surface area contributed by atoms with E-state index in [4.69, 9.17) is 9.47 Å². The van der Waals surface area contributed by atoms with Gasteiger partial charge in [0.15, 0.2) is 0 Å². The maximum absolute atomic E-state index is 13.5. The van der Waals surface area contributed by atoms with Gasteiger partial charge in [-0.2, -0.15) is 0 Å². The number of methoxy groups -OCH3 is 1. The molecule has 168 valence electrons. The van der Waals surface area contributed by atoms with Crippen LogP contribution in [0, 0.1) is 12.7 Å². The molecular formula is C25H23FN4O3. The van der Waals surface area contributed by atoms with E-state index in [1.54, 1.807) is 30.5 Å². The van der Waals surface area contributed by atoms with Gasteiger partial charge in [0.25, 0.3) is 5.91 Å². The van der Waals surface area contributed by atoms with Gasteiger partial charge in [0, 0.05) is 6.20 Å². The molecular weight excluding hydrogens is 423 g/mol. The standard InChI is InChI=1S/C25H23FN4O3/c1-17-12-29(16-28-17)21-9-3-18(11-22(21)32-2)4-10-23-27-14-25(15-33-13-24(31)30(23)25)19-5-7-20(26)8-6-19/h3-12,16H,13-15H2,1-2H3. The van der Waals surface area contributed by atoms with Crippen LogP contribution in [-0.2, 0) is 15.1 Å². The van der Waals surface area contributed by atoms with Crippen LogP contribution in [0.4, 0.5) is 4.39 Å². The Kier molecular flexibility index (Phi) is 5.30. The second-order valence-corrected chi connectivity index (χ2v) is 8.12. The van der Waals surface area contributed by atoms with Crippen molar-refractivity contribution in [2.75, 3.05) is 26.9 Å². The van der Waals surface area contributed by atoms with E-state index in [9.17, 15) is 9.18 Å². The number of ether oxygens (including phenoxy) is 2. The number of benzene rings is 2. The Morgan fingerprint density at radius 3 is 2.73 bits per heavy atom. The Bertz CT molecular complexity index is 1260. The predicted molar refractivity (Wildman–Crippen MR) is 122 cm³/mol. The number of aromatic nitrogens is 2. The molecule has 0 bridgehead atoms. The van der Waals surface area contributed by atoms with E-state index in [0.29, 0.717) is 24.7 Å². The van der Waals surface area contributed by atoms with Crippen molar-refractivity contribution < 1.29 is 18.7 Å². The summed E-state index contributed by atoms with van der Waals surface area (Å²) in [5, 5.41) is 0. The number of hydrogen-bond donors (Lipinski definition) is 0. The van der Waals surface area contributed by atoms with E-state index in [2.05, 4.69) is 9.98 Å². The molecule has 1 aromatic heterocycles. The highest BCUT2D eigenvalue weighted by Crippen LogP contribution is 2.37. The third-order valence-corrected chi connectivity index (χ3v) is 5.98. The zero-order chi connectivity index (χ0) is 23.0. The normalized spacial score (nSPS) is 20.3. The summed E-state index contributed by atoms with van der Waals surface area (Å²) in [6.45, 7) is 2.58. The highest BCUT2D eigenvalue weighted by Gasteiger charge is 2.50. The molecule has 8 heteroatoms. The maximum atomic E-state index is 13.5. The summed E-state index contributed by atoms with van der Waals surface area (Å²) >= 11 is 0. The van der Waals surface area contributed by atoms with Crippen LogP contribution in [0.2, 0.25) is 0 Å². The van der Waals surface area contributed by atoms with Crippen molar-refractivity contribution in [3.05, 3.63) is 83.7 Å². The van der Waals surface area contributed by atoms with E-state index >= 15 is 0 Å². The van der Waals surface area contributed by atoms with Gasteiger partial charge in [0.1, 0.15) is 29.5 Å². The minimum Gasteiger partial charge on any atom is -0.495 e. The summed E-state index contributed by atoms with van der Waals surface area (Å²) in [6.07, 6.45) is 7.40. The maximum Gasteiger partial charge on any atom is 0.255 e.